The van der Waals surface area contributed by atoms with Crippen molar-refractivity contribution < 1.29 is 0 Å². The molecule has 5 heavy (non-hydrogen) atoms. The third-order valence-electron chi connectivity index (χ3n) is 0.126. The quantitative estimate of drug-likeness (QED) is 0.417. The molecule has 0 amide bonds. The molecule has 2 heteroatoms. The van der Waals surface area contributed by atoms with Crippen LogP contribution in [0.25, 0.3) is 0 Å². The fourth-order valence-electron chi connectivity index (χ4n) is 0.0238. The molecule has 0 aromatic carbocycles. The Balaban J connectivity index is 3.26. The van der Waals surface area contributed by atoms with Gasteiger partial charge in [-0.1, -0.05) is 28.9 Å². The monoisotopic (exact) mass is 108 g/mol. The minimum atomic E-state index is 1.22. The molecule has 0 atom stereocenters. The molecule has 0 N–H and O–H groups in total. The Morgan fingerprint density at radius 1 is 1.20 bits per heavy atom. The van der Waals surface area contributed by atoms with Crippen LogP contribution in [0, 0.1) is 0 Å². The van der Waals surface area contributed by atoms with Crippen molar-refractivity contribution in [3.63, 3.8) is 0 Å². The van der Waals surface area contributed by atoms with Gasteiger partial charge in [-0.25, -0.2) is 0 Å². The zero-order valence-corrected chi connectivity index (χ0v) is 3.92. The van der Waals surface area contributed by atoms with Crippen LogP contribution in [-0.2, 0) is 0 Å². The lowest BCUT2D eigenvalue weighted by Gasteiger charge is -1.44. The molecule has 0 saturated carbocycles. The fourth-order valence-corrected chi connectivity index (χ4v) is 0.214. The van der Waals surface area contributed by atoms with Crippen LogP contribution < -0.4 is 0 Å². The van der Waals surface area contributed by atoms with E-state index in [-0.39, 0.29) is 0 Å². The lowest BCUT2D eigenvalue weighted by molar-refractivity contribution is 2.36. The summed E-state index contributed by atoms with van der Waals surface area (Å²) in [6.07, 6.45) is 0. The number of halogens is 2. The fraction of sp³-hybridized carbons (Fsp3) is 0. The maximum absolute atomic E-state index is 4.95. The lowest BCUT2D eigenvalue weighted by Crippen LogP contribution is -1.15. The summed E-state index contributed by atoms with van der Waals surface area (Å²) in [6, 6.07) is 0. The lowest BCUT2D eigenvalue weighted by atomic mass is 11.0. The van der Waals surface area contributed by atoms with Crippen LogP contribution >= 0.6 is 23.2 Å². The van der Waals surface area contributed by atoms with Gasteiger partial charge >= 0.3 is 0 Å². The second-order valence-corrected chi connectivity index (χ2v) is 0.821. The maximum atomic E-state index is 4.95. The van der Waals surface area contributed by atoms with Crippen molar-refractivity contribution in [2.75, 3.05) is 0 Å². The van der Waals surface area contributed by atoms with E-state index < -0.39 is 0 Å². The highest BCUT2D eigenvalue weighted by Crippen LogP contribution is 1.74. The van der Waals surface area contributed by atoms with Gasteiger partial charge in [0.1, 0.15) is 0 Å². The van der Waals surface area contributed by atoms with E-state index in [9.17, 15) is 0 Å². The summed E-state index contributed by atoms with van der Waals surface area (Å²) >= 11 is 9.90. The van der Waals surface area contributed by atoms with E-state index in [0.29, 0.717) is 0 Å². The minimum Gasteiger partial charge on any atom is -0.0962 e. The van der Waals surface area contributed by atoms with Crippen LogP contribution in [0.1, 0.15) is 0 Å². The molecule has 0 radical (unpaired) electrons. The van der Waals surface area contributed by atoms with Crippen LogP contribution in [0.4, 0.5) is 0 Å². The summed E-state index contributed by atoms with van der Waals surface area (Å²) in [5, 5.41) is 0. The third kappa shape index (κ3) is 4.10. The molecule has 0 aliphatic carbocycles. The number of rotatable bonds is 0. The molecule has 0 saturated heterocycles. The zero-order valence-electron chi connectivity index (χ0n) is 2.41. The van der Waals surface area contributed by atoms with Gasteiger partial charge in [0.2, 0.25) is 0 Å². The second kappa shape index (κ2) is 4.10. The Bertz CT molecular complexity index is 53.3. The molecule has 28 valence electrons. The molecule has 0 nitrogen and oxygen atoms in total. The summed E-state index contributed by atoms with van der Waals surface area (Å²) in [7, 11) is 0. The van der Waals surface area contributed by atoms with Crippen LogP contribution in [0.3, 0.4) is 0 Å². The predicted octanol–water partition coefficient (Wildman–Crippen LogP) is 2.09. The van der Waals surface area contributed by atoms with Crippen molar-refractivity contribution in [1.82, 2.24) is 0 Å². The van der Waals surface area contributed by atoms with Crippen molar-refractivity contribution in [3.05, 3.63) is 16.8 Å². The highest BCUT2D eigenvalue weighted by Gasteiger charge is 1.40. The molecule has 0 spiro atoms. The van der Waals surface area contributed by atoms with Crippen molar-refractivity contribution in [1.29, 1.82) is 0 Å². The van der Waals surface area contributed by atoms with Gasteiger partial charge in [0.05, 0.1) is 0 Å². The van der Waals surface area contributed by atoms with Crippen molar-refractivity contribution in [2.24, 2.45) is 0 Å². The van der Waals surface area contributed by atoms with E-state index in [0.717, 1.165) is 0 Å². The standard InChI is InChI=1S/C3H2Cl2/c4-2-1-3-5/h2-3H. The Morgan fingerprint density at radius 2 is 1.60 bits per heavy atom. The van der Waals surface area contributed by atoms with Gasteiger partial charge in [-0.2, -0.15) is 0 Å². The molecular formula is C3H2Cl2. The van der Waals surface area contributed by atoms with Gasteiger partial charge in [-0.15, -0.1) is 0 Å². The van der Waals surface area contributed by atoms with Crippen LogP contribution in [0.2, 0.25) is 0 Å². The van der Waals surface area contributed by atoms with Crippen molar-refractivity contribution in [2.45, 2.75) is 0 Å². The molecule has 0 aromatic heterocycles. The van der Waals surface area contributed by atoms with E-state index in [4.69, 9.17) is 23.2 Å². The van der Waals surface area contributed by atoms with E-state index in [1.807, 2.05) is 0 Å². The topological polar surface area (TPSA) is 0 Å². The first-order chi connectivity index (χ1) is 2.41. The molecular weight excluding hydrogens is 107 g/mol. The largest absolute Gasteiger partial charge is 0.0962 e. The van der Waals surface area contributed by atoms with Gasteiger partial charge in [0.25, 0.3) is 0 Å². The minimum absolute atomic E-state index is 1.22. The van der Waals surface area contributed by atoms with Crippen LogP contribution in [-0.4, -0.2) is 0 Å². The Hall–Kier alpha value is 0.1000. The number of hydrogen-bond donors (Lipinski definition) is 0. The van der Waals surface area contributed by atoms with E-state index >= 15 is 0 Å². The summed E-state index contributed by atoms with van der Waals surface area (Å²) in [6.45, 7) is 0. The number of hydrogen-bond acceptors (Lipinski definition) is 0. The zero-order chi connectivity index (χ0) is 4.12. The average Bonchev–Trinajstić information content (AvgIpc) is 1.41. The smallest absolute Gasteiger partial charge is 0.0471 e. The highest BCUT2D eigenvalue weighted by atomic mass is 35.5. The van der Waals surface area contributed by atoms with Crippen LogP contribution in [0.5, 0.6) is 0 Å². The van der Waals surface area contributed by atoms with Gasteiger partial charge in [0.15, 0.2) is 0 Å². The second-order valence-electron chi connectivity index (χ2n) is 0.385. The average molecular weight is 109 g/mol. The summed E-state index contributed by atoms with van der Waals surface area (Å²) < 4.78 is 0. The Labute approximate surface area is 40.7 Å². The van der Waals surface area contributed by atoms with Gasteiger partial charge in [0, 0.05) is 11.1 Å². The Morgan fingerprint density at radius 3 is 1.60 bits per heavy atom. The van der Waals surface area contributed by atoms with Gasteiger partial charge in [-0.3, -0.25) is 0 Å². The summed E-state index contributed by atoms with van der Waals surface area (Å²) in [5.41, 5.74) is 4.82. The van der Waals surface area contributed by atoms with Gasteiger partial charge < -0.3 is 0 Å². The first-order valence-electron chi connectivity index (χ1n) is 1.01. The van der Waals surface area contributed by atoms with Crippen molar-refractivity contribution >= 4 is 23.2 Å². The Kier molecular flexibility index (Phi) is 4.18. The molecule has 0 aromatic rings. The molecule has 0 aliphatic rings. The molecule has 0 unspecified atom stereocenters. The van der Waals surface area contributed by atoms with E-state index in [1.165, 1.54) is 11.1 Å². The first kappa shape index (κ1) is 5.10. The molecule has 0 bridgehead atoms. The van der Waals surface area contributed by atoms with E-state index in [1.54, 1.807) is 0 Å². The summed E-state index contributed by atoms with van der Waals surface area (Å²) in [4.78, 5) is 0. The predicted molar refractivity (Wildman–Crippen MR) is 24.4 cm³/mol. The normalized spacial score (nSPS) is 5.20. The SMILES string of the molecule is ClC=C=CCl. The molecule has 0 rings (SSSR count). The first-order valence-corrected chi connectivity index (χ1v) is 1.89. The van der Waals surface area contributed by atoms with Crippen molar-refractivity contribution in [3.8, 4) is 0 Å². The van der Waals surface area contributed by atoms with Gasteiger partial charge in [-0.05, 0) is 0 Å². The maximum Gasteiger partial charge on any atom is 0.0471 e. The highest BCUT2D eigenvalue weighted by molar-refractivity contribution is 6.27. The molecule has 0 heterocycles. The summed E-state index contributed by atoms with van der Waals surface area (Å²) in [5.74, 6) is 0. The van der Waals surface area contributed by atoms with E-state index in [2.05, 4.69) is 5.73 Å². The molecule has 0 aliphatic heterocycles. The third-order valence-corrected chi connectivity index (χ3v) is 0.378. The van der Waals surface area contributed by atoms with Crippen LogP contribution in [0.15, 0.2) is 16.8 Å². The molecule has 0 fully saturated rings.